The second kappa shape index (κ2) is 8.67. The van der Waals surface area contributed by atoms with Crippen molar-refractivity contribution in [2.75, 3.05) is 50.5 Å². The van der Waals surface area contributed by atoms with Gasteiger partial charge >= 0.3 is 0 Å². The third-order valence-corrected chi connectivity index (χ3v) is 7.89. The lowest BCUT2D eigenvalue weighted by Gasteiger charge is -2.30. The molecule has 1 saturated heterocycles. The van der Waals surface area contributed by atoms with Crippen molar-refractivity contribution in [2.24, 2.45) is 5.92 Å². The molecule has 0 radical (unpaired) electrons. The second-order valence-corrected chi connectivity index (χ2v) is 10.8. The van der Waals surface area contributed by atoms with Gasteiger partial charge in [0.1, 0.15) is 5.52 Å². The number of thiazole rings is 1. The van der Waals surface area contributed by atoms with Crippen molar-refractivity contribution in [3.63, 3.8) is 0 Å². The Hall–Kier alpha value is -1.55. The van der Waals surface area contributed by atoms with Crippen molar-refractivity contribution in [3.8, 4) is 0 Å². The summed E-state index contributed by atoms with van der Waals surface area (Å²) in [4.78, 5) is 22.3. The molecule has 0 bridgehead atoms. The first-order valence-corrected chi connectivity index (χ1v) is 12.9. The Balaban J connectivity index is 1.65. The van der Waals surface area contributed by atoms with Gasteiger partial charge in [0.05, 0.1) is 22.8 Å². The minimum Gasteiger partial charge on any atom is -0.379 e. The molecule has 9 heteroatoms. The number of ether oxygens (including phenoxy) is 1. The van der Waals surface area contributed by atoms with E-state index in [2.05, 4.69) is 9.88 Å². The summed E-state index contributed by atoms with van der Waals surface area (Å²) in [5, 5.41) is 0.598. The topological polar surface area (TPSA) is 79.8 Å². The maximum Gasteiger partial charge on any atom is 0.231 e. The van der Waals surface area contributed by atoms with E-state index < -0.39 is 9.84 Å². The summed E-state index contributed by atoms with van der Waals surface area (Å²) in [6.45, 7) is 4.48. The number of amides is 1. The minimum atomic E-state index is -3.39. The third-order valence-electron chi connectivity index (χ3n) is 5.72. The normalized spacial score (nSPS) is 19.1. The van der Waals surface area contributed by atoms with Gasteiger partial charge in [0.25, 0.3) is 0 Å². The molecular formula is C20H27N3O4S2. The average Bonchev–Trinajstić information content (AvgIpc) is 3.37. The molecule has 1 aromatic heterocycles. The van der Waals surface area contributed by atoms with Gasteiger partial charge in [0.15, 0.2) is 15.0 Å². The van der Waals surface area contributed by atoms with Crippen LogP contribution in [0.3, 0.4) is 0 Å². The maximum atomic E-state index is 13.3. The molecule has 2 fully saturated rings. The first-order valence-electron chi connectivity index (χ1n) is 10.1. The zero-order valence-corrected chi connectivity index (χ0v) is 18.3. The predicted octanol–water partition coefficient (Wildman–Crippen LogP) is 2.56. The highest BCUT2D eigenvalue weighted by molar-refractivity contribution is 7.91. The molecule has 29 heavy (non-hydrogen) atoms. The summed E-state index contributed by atoms with van der Waals surface area (Å²) in [6, 6.07) is 5.18. The highest BCUT2D eigenvalue weighted by Gasteiger charge is 2.30. The van der Waals surface area contributed by atoms with Crippen molar-refractivity contribution in [1.29, 1.82) is 0 Å². The number of carbonyl (C=O) groups excluding carboxylic acids is 1. The number of nitrogens with zero attached hydrogens (tertiary/aromatic N) is 3. The van der Waals surface area contributed by atoms with Crippen LogP contribution < -0.4 is 4.90 Å². The first kappa shape index (κ1) is 20.7. The van der Waals surface area contributed by atoms with E-state index in [4.69, 9.17) is 4.74 Å². The summed E-state index contributed by atoms with van der Waals surface area (Å²) in [6.07, 6.45) is 5.22. The molecule has 0 unspecified atom stereocenters. The quantitative estimate of drug-likeness (QED) is 0.691. The van der Waals surface area contributed by atoms with E-state index >= 15 is 0 Å². The van der Waals surface area contributed by atoms with Crippen LogP contribution in [-0.2, 0) is 19.4 Å². The van der Waals surface area contributed by atoms with Gasteiger partial charge in [-0.05, 0) is 25.0 Å². The van der Waals surface area contributed by atoms with E-state index in [0.717, 1.165) is 63.2 Å². The van der Waals surface area contributed by atoms with Crippen LogP contribution in [0.15, 0.2) is 23.1 Å². The van der Waals surface area contributed by atoms with Crippen LogP contribution in [0.5, 0.6) is 0 Å². The van der Waals surface area contributed by atoms with E-state index in [1.165, 1.54) is 17.6 Å². The zero-order chi connectivity index (χ0) is 20.4. The van der Waals surface area contributed by atoms with E-state index in [9.17, 15) is 13.2 Å². The molecular weight excluding hydrogens is 410 g/mol. The number of hydrogen-bond acceptors (Lipinski definition) is 7. The minimum absolute atomic E-state index is 0.0427. The molecule has 2 aromatic rings. The predicted molar refractivity (Wildman–Crippen MR) is 114 cm³/mol. The van der Waals surface area contributed by atoms with Crippen LogP contribution in [0.2, 0.25) is 0 Å². The molecule has 7 nitrogen and oxygen atoms in total. The SMILES string of the molecule is CS(=O)(=O)c1cccc2sc(N(CCN3CCOCC3)C(=O)C3CCCC3)nc12. The number of rotatable bonds is 6. The van der Waals surface area contributed by atoms with Crippen molar-refractivity contribution in [3.05, 3.63) is 18.2 Å². The summed E-state index contributed by atoms with van der Waals surface area (Å²) in [5.74, 6) is 0.164. The largest absolute Gasteiger partial charge is 0.379 e. The number of sulfone groups is 1. The number of fused-ring (bicyclic) bond motifs is 1. The lowest BCUT2D eigenvalue weighted by Crippen LogP contribution is -2.44. The van der Waals surface area contributed by atoms with Gasteiger partial charge in [0.2, 0.25) is 5.91 Å². The summed E-state index contributed by atoms with van der Waals surface area (Å²) < 4.78 is 30.5. The molecule has 0 spiro atoms. The average molecular weight is 438 g/mol. The highest BCUT2D eigenvalue weighted by Crippen LogP contribution is 2.35. The van der Waals surface area contributed by atoms with Gasteiger partial charge in [-0.15, -0.1) is 0 Å². The molecule has 2 aliphatic rings. The number of morpholine rings is 1. The molecule has 0 N–H and O–H groups in total. The zero-order valence-electron chi connectivity index (χ0n) is 16.7. The van der Waals surface area contributed by atoms with Crippen molar-refractivity contribution < 1.29 is 17.9 Å². The number of hydrogen-bond donors (Lipinski definition) is 0. The van der Waals surface area contributed by atoms with Crippen molar-refractivity contribution in [1.82, 2.24) is 9.88 Å². The van der Waals surface area contributed by atoms with E-state index in [0.29, 0.717) is 17.2 Å². The van der Waals surface area contributed by atoms with Gasteiger partial charge in [-0.2, -0.15) is 0 Å². The van der Waals surface area contributed by atoms with Gasteiger partial charge in [0, 0.05) is 38.4 Å². The fraction of sp³-hybridized carbons (Fsp3) is 0.600. The van der Waals surface area contributed by atoms with E-state index in [-0.39, 0.29) is 16.7 Å². The third kappa shape index (κ3) is 4.63. The number of para-hydroxylation sites is 1. The Morgan fingerprint density at radius 1 is 1.28 bits per heavy atom. The van der Waals surface area contributed by atoms with Gasteiger partial charge in [-0.25, -0.2) is 13.4 Å². The Morgan fingerprint density at radius 2 is 2.00 bits per heavy atom. The number of aromatic nitrogens is 1. The Labute approximate surface area is 175 Å². The molecule has 1 aliphatic heterocycles. The second-order valence-electron chi connectivity index (χ2n) is 7.80. The monoisotopic (exact) mass is 437 g/mol. The molecule has 2 heterocycles. The fourth-order valence-corrected chi connectivity index (χ4v) is 6.01. The maximum absolute atomic E-state index is 13.3. The lowest BCUT2D eigenvalue weighted by molar-refractivity contribution is -0.122. The molecule has 1 aromatic carbocycles. The van der Waals surface area contributed by atoms with Crippen molar-refractivity contribution >= 4 is 42.4 Å². The Bertz CT molecular complexity index is 977. The summed E-state index contributed by atoms with van der Waals surface area (Å²) in [5.41, 5.74) is 0.464. The smallest absolute Gasteiger partial charge is 0.231 e. The lowest BCUT2D eigenvalue weighted by atomic mass is 10.1. The summed E-state index contributed by atoms with van der Waals surface area (Å²) >= 11 is 1.40. The van der Waals surface area contributed by atoms with Crippen LogP contribution in [0.1, 0.15) is 25.7 Å². The standard InChI is InChI=1S/C20H27N3O4S2/c1-29(25,26)17-8-4-7-16-18(17)21-20(28-16)23(19(24)15-5-2-3-6-15)10-9-22-11-13-27-14-12-22/h4,7-8,15H,2-3,5-6,9-14H2,1H3. The van der Waals surface area contributed by atoms with E-state index in [1.54, 1.807) is 17.0 Å². The number of anilines is 1. The van der Waals surface area contributed by atoms with Crippen LogP contribution >= 0.6 is 11.3 Å². The van der Waals surface area contributed by atoms with Gasteiger partial charge in [-0.1, -0.05) is 30.2 Å². The number of carbonyl (C=O) groups is 1. The molecule has 1 saturated carbocycles. The fourth-order valence-electron chi connectivity index (χ4n) is 4.09. The van der Waals surface area contributed by atoms with Crippen molar-refractivity contribution in [2.45, 2.75) is 30.6 Å². The molecule has 158 valence electrons. The van der Waals surface area contributed by atoms with Crippen LogP contribution in [0.4, 0.5) is 5.13 Å². The highest BCUT2D eigenvalue weighted by atomic mass is 32.2. The summed E-state index contributed by atoms with van der Waals surface area (Å²) in [7, 11) is -3.39. The first-order chi connectivity index (χ1) is 13.9. The molecule has 0 atom stereocenters. The van der Waals surface area contributed by atoms with E-state index in [1.807, 2.05) is 6.07 Å². The molecule has 4 rings (SSSR count). The van der Waals surface area contributed by atoms with Crippen LogP contribution in [-0.4, -0.2) is 69.9 Å². The number of benzene rings is 1. The van der Waals surface area contributed by atoms with Crippen LogP contribution in [0, 0.1) is 5.92 Å². The van der Waals surface area contributed by atoms with Gasteiger partial charge in [-0.3, -0.25) is 14.6 Å². The van der Waals surface area contributed by atoms with Gasteiger partial charge < -0.3 is 4.74 Å². The molecule has 1 amide bonds. The molecule has 1 aliphatic carbocycles. The Morgan fingerprint density at radius 3 is 2.69 bits per heavy atom. The van der Waals surface area contributed by atoms with Crippen LogP contribution in [0.25, 0.3) is 10.2 Å². The Kier molecular flexibility index (Phi) is 6.19.